The van der Waals surface area contributed by atoms with Crippen LogP contribution in [-0.4, -0.2) is 47.8 Å². The summed E-state index contributed by atoms with van der Waals surface area (Å²) in [6, 6.07) is 8.53. The van der Waals surface area contributed by atoms with Gasteiger partial charge in [-0.25, -0.2) is 0 Å². The van der Waals surface area contributed by atoms with Crippen molar-refractivity contribution in [3.8, 4) is 0 Å². The third-order valence-corrected chi connectivity index (χ3v) is 17.2. The van der Waals surface area contributed by atoms with E-state index in [-0.39, 0.29) is 40.1 Å². The predicted molar refractivity (Wildman–Crippen MR) is 229 cm³/mol. The van der Waals surface area contributed by atoms with Gasteiger partial charge in [0.25, 0.3) is 0 Å². The molecule has 0 fully saturated rings. The van der Waals surface area contributed by atoms with Gasteiger partial charge >= 0.3 is 316 Å². The Morgan fingerprint density at radius 3 is 1.49 bits per heavy atom. The topological polar surface area (TPSA) is 68.7 Å². The summed E-state index contributed by atoms with van der Waals surface area (Å²) in [4.78, 5) is 38.8. The maximum atomic E-state index is 14.3. The van der Waals surface area contributed by atoms with E-state index in [2.05, 4.69) is 26.0 Å². The van der Waals surface area contributed by atoms with Gasteiger partial charge in [0.1, 0.15) is 0 Å². The molecule has 7 heterocycles. The second-order valence-corrected chi connectivity index (χ2v) is 21.2. The Balaban J connectivity index is 0.997. The van der Waals surface area contributed by atoms with Crippen molar-refractivity contribution in [3.63, 3.8) is 0 Å². The number of fused-ring (bicyclic) bond motifs is 8. The minimum atomic E-state index is -0.0175. The number of nitrogens with zero attached hydrogens (tertiary/aromatic N) is 4. The van der Waals surface area contributed by atoms with Gasteiger partial charge in [-0.15, -0.1) is 0 Å². The molecule has 0 amide bonds. The first-order valence-electron chi connectivity index (χ1n) is 20.8. The number of aryl methyl sites for hydroxylation is 2. The number of benzene rings is 1. The zero-order valence-corrected chi connectivity index (χ0v) is 35.9. The Bertz CT molecular complexity index is 2570. The Morgan fingerprint density at radius 1 is 0.528 bits per heavy atom. The van der Waals surface area contributed by atoms with Crippen LogP contribution in [-0.2, 0) is 12.8 Å². The average molecular weight is 861 g/mol. The zero-order valence-electron chi connectivity index (χ0n) is 31.7. The summed E-state index contributed by atoms with van der Waals surface area (Å²) in [5.41, 5.74) is 3.40. The number of unbranched alkanes of at least 4 members (excludes halogenated alkanes) is 18. The number of rotatable bonds is 22. The summed E-state index contributed by atoms with van der Waals surface area (Å²) in [5.74, 6) is 0. The summed E-state index contributed by atoms with van der Waals surface area (Å²) in [6.45, 7) is 4.56. The van der Waals surface area contributed by atoms with Gasteiger partial charge in [0.15, 0.2) is 0 Å². The summed E-state index contributed by atoms with van der Waals surface area (Å²) < 4.78 is 10.4. The van der Waals surface area contributed by atoms with E-state index in [1.54, 1.807) is 0 Å². The van der Waals surface area contributed by atoms with Crippen LogP contribution < -0.4 is 11.1 Å². The second-order valence-electron chi connectivity index (χ2n) is 15.5. The van der Waals surface area contributed by atoms with Crippen molar-refractivity contribution in [1.29, 1.82) is 0 Å². The number of hydrogen-bond donors (Lipinski definition) is 0. The zero-order chi connectivity index (χ0) is 36.3. The van der Waals surface area contributed by atoms with Crippen molar-refractivity contribution in [2.24, 2.45) is 0 Å². The van der Waals surface area contributed by atoms with Crippen LogP contribution in [0.5, 0.6) is 0 Å². The van der Waals surface area contributed by atoms with Crippen molar-refractivity contribution >= 4 is 102 Å². The number of hydrogen-bond acceptors (Lipinski definition) is 5. The van der Waals surface area contributed by atoms with Crippen LogP contribution >= 0.6 is 11.3 Å². The molecule has 53 heavy (non-hydrogen) atoms. The molecule has 0 bridgehead atoms. The second kappa shape index (κ2) is 17.1. The van der Waals surface area contributed by atoms with E-state index < -0.39 is 0 Å². The molecule has 0 saturated heterocycles. The molecule has 8 rings (SSSR count). The van der Waals surface area contributed by atoms with Gasteiger partial charge in [0, 0.05) is 0 Å². The van der Waals surface area contributed by atoms with Crippen LogP contribution in [0.15, 0.2) is 33.9 Å². The standard InChI is InChI=1S/C44H54N4O2SSe2/c1-3-5-7-9-11-13-15-17-19-21-23-29-27-33-41(52-29)45-39-31-25-26-32-36-35(31)38(44(50)47(33)39)51-37(36)40-46-42-34(48(40)43(32)49)28-30(53-42)24-22-20-18-16-14-12-10-8-6-4-2/h25-28H,3-24H2,1-2H3. The maximum absolute atomic E-state index is 14.3. The van der Waals surface area contributed by atoms with Gasteiger partial charge < -0.3 is 0 Å². The van der Waals surface area contributed by atoms with Gasteiger partial charge in [-0.1, -0.05) is 13.8 Å². The van der Waals surface area contributed by atoms with Crippen LogP contribution in [0.4, 0.5) is 0 Å². The van der Waals surface area contributed by atoms with Crippen LogP contribution in [0.1, 0.15) is 151 Å². The summed E-state index contributed by atoms with van der Waals surface area (Å²) in [5, 5.41) is 3.45. The molecular formula is C44H54N4O2SSe2. The van der Waals surface area contributed by atoms with E-state index in [0.29, 0.717) is 5.39 Å². The normalized spacial score (nSPS) is 12.6. The number of pyridine rings is 2. The molecule has 0 aliphatic heterocycles. The van der Waals surface area contributed by atoms with E-state index in [1.807, 2.05) is 20.9 Å². The summed E-state index contributed by atoms with van der Waals surface area (Å²) >= 11 is 1.82. The number of imidazole rings is 2. The molecule has 0 atom stereocenters. The fraction of sp³-hybridized carbons (Fsp3) is 0.545. The Kier molecular flexibility index (Phi) is 12.0. The van der Waals surface area contributed by atoms with Crippen LogP contribution in [0.2, 0.25) is 0 Å². The molecule has 0 aliphatic carbocycles. The Labute approximate surface area is 328 Å². The first-order chi connectivity index (χ1) is 26.1. The van der Waals surface area contributed by atoms with Crippen LogP contribution in [0.25, 0.3) is 62.1 Å². The van der Waals surface area contributed by atoms with E-state index in [9.17, 15) is 9.59 Å². The number of thiophene rings is 1. The predicted octanol–water partition coefficient (Wildman–Crippen LogP) is 11.4. The molecule has 6 nitrogen and oxygen atoms in total. The molecule has 8 aromatic rings. The molecule has 1 aromatic carbocycles. The summed E-state index contributed by atoms with van der Waals surface area (Å²) in [7, 11) is 0. The SMILES string of the molecule is CCCCCCCCCCCCc1cc2c(nc3c4ccc5c(=O)n6c7cc(CCCCCCCCCCCC)[se]c7nc6c6sc(c(=O)n23)c4c56)[se]1. The van der Waals surface area contributed by atoms with Gasteiger partial charge in [-0.3, -0.25) is 0 Å². The number of aromatic nitrogens is 4. The van der Waals surface area contributed by atoms with Gasteiger partial charge in [-0.2, -0.15) is 0 Å². The first-order valence-corrected chi connectivity index (χ1v) is 25.0. The molecule has 280 valence electrons. The molecule has 0 saturated carbocycles. The minimum absolute atomic E-state index is 0.00484. The van der Waals surface area contributed by atoms with Gasteiger partial charge in [-0.05, 0) is 0 Å². The Morgan fingerprint density at radius 2 is 0.962 bits per heavy atom. The molecule has 0 aliphatic rings. The van der Waals surface area contributed by atoms with E-state index in [0.717, 1.165) is 69.5 Å². The van der Waals surface area contributed by atoms with Crippen molar-refractivity contribution in [2.45, 2.75) is 155 Å². The van der Waals surface area contributed by atoms with E-state index in [4.69, 9.17) is 9.97 Å². The molecule has 9 heteroatoms. The first kappa shape index (κ1) is 37.4. The van der Waals surface area contributed by atoms with Crippen molar-refractivity contribution < 1.29 is 0 Å². The van der Waals surface area contributed by atoms with Crippen molar-refractivity contribution in [1.82, 2.24) is 18.8 Å². The quantitative estimate of drug-likeness (QED) is 0.0387. The Hall–Kier alpha value is -2.54. The molecule has 0 N–H and O–H groups in total. The molecule has 7 aromatic heterocycles. The molecule has 0 radical (unpaired) electrons. The monoisotopic (exact) mass is 862 g/mol. The van der Waals surface area contributed by atoms with Crippen LogP contribution in [0.3, 0.4) is 0 Å². The third kappa shape index (κ3) is 7.43. The molecular weight excluding hydrogens is 806 g/mol. The van der Waals surface area contributed by atoms with Gasteiger partial charge in [0.2, 0.25) is 0 Å². The molecule has 0 spiro atoms. The third-order valence-electron chi connectivity index (χ3n) is 11.5. The van der Waals surface area contributed by atoms with E-state index in [1.165, 1.54) is 149 Å². The fourth-order valence-corrected chi connectivity index (χ4v) is 14.2. The average Bonchev–Trinajstić information content (AvgIpc) is 3.97. The van der Waals surface area contributed by atoms with E-state index >= 15 is 0 Å². The van der Waals surface area contributed by atoms with Gasteiger partial charge in [0.05, 0.1) is 0 Å². The fourth-order valence-electron chi connectivity index (χ4n) is 8.58. The molecule has 0 unspecified atom stereocenters. The van der Waals surface area contributed by atoms with Crippen LogP contribution in [0, 0.1) is 0 Å². The van der Waals surface area contributed by atoms with Crippen molar-refractivity contribution in [3.05, 3.63) is 53.8 Å². The summed E-state index contributed by atoms with van der Waals surface area (Å²) in [6.07, 6.45) is 29.0. The van der Waals surface area contributed by atoms with Crippen molar-refractivity contribution in [2.75, 3.05) is 0 Å².